The first-order valence-corrected chi connectivity index (χ1v) is 9.86. The van der Waals surface area contributed by atoms with Crippen LogP contribution in [0.5, 0.6) is 0 Å². The number of aryl methyl sites for hydroxylation is 2. The molecule has 0 bridgehead atoms. The molecule has 0 aliphatic heterocycles. The highest BCUT2D eigenvalue weighted by Gasteiger charge is 2.19. The number of hydrogen-bond acceptors (Lipinski definition) is 5. The van der Waals surface area contributed by atoms with E-state index in [2.05, 4.69) is 15.3 Å². The number of carbonyl (C=O) groups is 1. The molecule has 4 rings (SSSR count). The zero-order chi connectivity index (χ0) is 20.7. The van der Waals surface area contributed by atoms with Gasteiger partial charge in [0.1, 0.15) is 22.3 Å². The summed E-state index contributed by atoms with van der Waals surface area (Å²) in [5, 5.41) is 13.5. The molecule has 0 saturated carbocycles. The average molecular weight is 428 g/mol. The molecule has 0 aliphatic rings. The van der Waals surface area contributed by atoms with Gasteiger partial charge in [0.05, 0.1) is 16.0 Å². The van der Waals surface area contributed by atoms with Crippen LogP contribution in [-0.2, 0) is 0 Å². The van der Waals surface area contributed by atoms with E-state index in [0.717, 1.165) is 26.2 Å². The first-order valence-electron chi connectivity index (χ1n) is 8.67. The van der Waals surface area contributed by atoms with E-state index in [9.17, 15) is 14.3 Å². The Labute approximate surface area is 174 Å². The largest absolute Gasteiger partial charge is 0.478 e. The van der Waals surface area contributed by atoms with E-state index in [1.165, 1.54) is 35.6 Å². The van der Waals surface area contributed by atoms with Crippen LogP contribution in [0.25, 0.3) is 21.3 Å². The highest BCUT2D eigenvalue weighted by Crippen LogP contribution is 2.41. The number of carboxylic acid groups (broad SMARTS) is 1. The maximum atomic E-state index is 13.4. The number of hydrogen-bond donors (Lipinski definition) is 2. The number of halogens is 2. The van der Waals surface area contributed by atoms with Gasteiger partial charge in [-0.15, -0.1) is 11.3 Å². The van der Waals surface area contributed by atoms with E-state index in [0.29, 0.717) is 17.3 Å². The van der Waals surface area contributed by atoms with E-state index < -0.39 is 5.97 Å². The second kappa shape index (κ2) is 7.42. The molecule has 0 unspecified atom stereocenters. The van der Waals surface area contributed by atoms with Crippen LogP contribution in [0.1, 0.15) is 21.1 Å². The molecule has 0 fully saturated rings. The third-order valence-corrected chi connectivity index (χ3v) is 5.76. The number of anilines is 2. The van der Waals surface area contributed by atoms with Gasteiger partial charge >= 0.3 is 5.97 Å². The molecule has 2 N–H and O–H groups in total. The van der Waals surface area contributed by atoms with E-state index in [1.54, 1.807) is 25.1 Å². The number of nitrogens with zero attached hydrogens (tertiary/aromatic N) is 2. The van der Waals surface area contributed by atoms with E-state index >= 15 is 0 Å². The van der Waals surface area contributed by atoms with Crippen molar-refractivity contribution < 1.29 is 14.3 Å². The first kappa shape index (κ1) is 19.3. The van der Waals surface area contributed by atoms with Crippen molar-refractivity contribution in [2.75, 3.05) is 5.32 Å². The molecule has 4 aromatic rings. The van der Waals surface area contributed by atoms with Gasteiger partial charge in [0.15, 0.2) is 0 Å². The Morgan fingerprint density at radius 1 is 1.14 bits per heavy atom. The number of carboxylic acids is 1. The number of benzene rings is 2. The van der Waals surface area contributed by atoms with Crippen molar-refractivity contribution in [1.29, 1.82) is 0 Å². The van der Waals surface area contributed by atoms with Crippen LogP contribution in [0.2, 0.25) is 5.02 Å². The standard InChI is InChI=1S/C21H15ClFN3O2S/c1-10-17(12-3-5-13(23)6-4-12)18-19(24-11(2)25-20(18)29-10)26-14-7-8-16(22)15(9-14)21(27)28/h3-9H,1-2H3,(H,27,28)(H,24,25,26). The molecule has 2 aromatic heterocycles. The predicted molar refractivity (Wildman–Crippen MR) is 114 cm³/mol. The molecule has 0 radical (unpaired) electrons. The highest BCUT2D eigenvalue weighted by atomic mass is 35.5. The summed E-state index contributed by atoms with van der Waals surface area (Å²) in [7, 11) is 0. The van der Waals surface area contributed by atoms with Gasteiger partial charge in [-0.3, -0.25) is 0 Å². The maximum absolute atomic E-state index is 13.4. The maximum Gasteiger partial charge on any atom is 0.337 e. The van der Waals surface area contributed by atoms with Crippen molar-refractivity contribution in [2.24, 2.45) is 0 Å². The summed E-state index contributed by atoms with van der Waals surface area (Å²) in [6.45, 7) is 3.77. The lowest BCUT2D eigenvalue weighted by Crippen LogP contribution is -2.02. The van der Waals surface area contributed by atoms with Crippen molar-refractivity contribution in [3.05, 3.63) is 69.6 Å². The van der Waals surface area contributed by atoms with Crippen molar-refractivity contribution in [3.63, 3.8) is 0 Å². The summed E-state index contributed by atoms with van der Waals surface area (Å²) < 4.78 is 13.4. The van der Waals surface area contributed by atoms with Crippen molar-refractivity contribution in [2.45, 2.75) is 13.8 Å². The lowest BCUT2D eigenvalue weighted by Gasteiger charge is -2.11. The quantitative estimate of drug-likeness (QED) is 0.405. The van der Waals surface area contributed by atoms with Crippen molar-refractivity contribution in [1.82, 2.24) is 9.97 Å². The summed E-state index contributed by atoms with van der Waals surface area (Å²) in [6.07, 6.45) is 0. The fraction of sp³-hybridized carbons (Fsp3) is 0.0952. The van der Waals surface area contributed by atoms with Gasteiger partial charge in [0.2, 0.25) is 0 Å². The number of fused-ring (bicyclic) bond motifs is 1. The first-order chi connectivity index (χ1) is 13.8. The van der Waals surface area contributed by atoms with Gasteiger partial charge in [-0.25, -0.2) is 19.2 Å². The SMILES string of the molecule is Cc1nc(Nc2ccc(Cl)c(C(=O)O)c2)c2c(-c3ccc(F)cc3)c(C)sc2n1. The van der Waals surface area contributed by atoms with E-state index in [4.69, 9.17) is 11.6 Å². The summed E-state index contributed by atoms with van der Waals surface area (Å²) in [5.74, 6) is -0.283. The Kier molecular flexibility index (Phi) is 4.94. The Hall–Kier alpha value is -3.03. The molecule has 0 saturated heterocycles. The zero-order valence-electron chi connectivity index (χ0n) is 15.5. The van der Waals surface area contributed by atoms with Gasteiger partial charge in [0.25, 0.3) is 0 Å². The lowest BCUT2D eigenvalue weighted by molar-refractivity contribution is 0.0697. The molecule has 146 valence electrons. The van der Waals surface area contributed by atoms with Crippen LogP contribution < -0.4 is 5.32 Å². The van der Waals surface area contributed by atoms with Crippen LogP contribution in [0.3, 0.4) is 0 Å². The fourth-order valence-electron chi connectivity index (χ4n) is 3.18. The molecule has 0 spiro atoms. The molecule has 0 amide bonds. The monoisotopic (exact) mass is 427 g/mol. The van der Waals surface area contributed by atoms with Gasteiger partial charge in [-0.2, -0.15) is 0 Å². The predicted octanol–water partition coefficient (Wildman–Crippen LogP) is 6.21. The summed E-state index contributed by atoms with van der Waals surface area (Å²) in [5.41, 5.74) is 2.31. The highest BCUT2D eigenvalue weighted by molar-refractivity contribution is 7.19. The van der Waals surface area contributed by atoms with Crippen LogP contribution >= 0.6 is 22.9 Å². The Balaban J connectivity index is 1.89. The normalized spacial score (nSPS) is 11.0. The smallest absolute Gasteiger partial charge is 0.337 e. The molecule has 29 heavy (non-hydrogen) atoms. The second-order valence-electron chi connectivity index (χ2n) is 6.46. The van der Waals surface area contributed by atoms with Gasteiger partial charge in [-0.05, 0) is 49.7 Å². The van der Waals surface area contributed by atoms with Crippen molar-refractivity contribution >= 4 is 50.6 Å². The molecule has 2 aromatic carbocycles. The van der Waals surface area contributed by atoms with E-state index in [1.807, 2.05) is 6.92 Å². The Morgan fingerprint density at radius 3 is 2.55 bits per heavy atom. The number of aromatic nitrogens is 2. The summed E-state index contributed by atoms with van der Waals surface area (Å²) >= 11 is 7.50. The fourth-order valence-corrected chi connectivity index (χ4v) is 4.47. The minimum atomic E-state index is -1.11. The molecular weight excluding hydrogens is 413 g/mol. The summed E-state index contributed by atoms with van der Waals surface area (Å²) in [4.78, 5) is 22.3. The Bertz CT molecular complexity index is 1260. The average Bonchev–Trinajstić information content (AvgIpc) is 2.99. The molecule has 8 heteroatoms. The number of nitrogens with one attached hydrogen (secondary N) is 1. The molecular formula is C21H15ClFN3O2S. The number of rotatable bonds is 4. The molecule has 0 aliphatic carbocycles. The third kappa shape index (κ3) is 3.66. The molecule has 0 atom stereocenters. The summed E-state index contributed by atoms with van der Waals surface area (Å²) in [6, 6.07) is 11.0. The lowest BCUT2D eigenvalue weighted by atomic mass is 10.0. The number of aromatic carboxylic acids is 1. The molecule has 5 nitrogen and oxygen atoms in total. The second-order valence-corrected chi connectivity index (χ2v) is 8.07. The Morgan fingerprint density at radius 2 is 1.86 bits per heavy atom. The minimum Gasteiger partial charge on any atom is -0.478 e. The minimum absolute atomic E-state index is 0.000976. The van der Waals surface area contributed by atoms with Crippen molar-refractivity contribution in [3.8, 4) is 11.1 Å². The topological polar surface area (TPSA) is 75.1 Å². The van der Waals surface area contributed by atoms with Gasteiger partial charge in [-0.1, -0.05) is 23.7 Å². The third-order valence-electron chi connectivity index (χ3n) is 4.43. The van der Waals surface area contributed by atoms with Crippen LogP contribution in [0.15, 0.2) is 42.5 Å². The van der Waals surface area contributed by atoms with Crippen LogP contribution in [-0.4, -0.2) is 21.0 Å². The van der Waals surface area contributed by atoms with Gasteiger partial charge < -0.3 is 10.4 Å². The van der Waals surface area contributed by atoms with Gasteiger partial charge in [0, 0.05) is 16.1 Å². The molecule has 2 heterocycles. The van der Waals surface area contributed by atoms with E-state index in [-0.39, 0.29) is 16.4 Å². The van der Waals surface area contributed by atoms with Crippen LogP contribution in [0, 0.1) is 19.7 Å². The zero-order valence-corrected chi connectivity index (χ0v) is 17.0. The number of thiophene rings is 1. The van der Waals surface area contributed by atoms with Crippen LogP contribution in [0.4, 0.5) is 15.9 Å².